The van der Waals surface area contributed by atoms with E-state index in [0.29, 0.717) is 24.2 Å². The SMILES string of the molecule is CCC(=O)N1C(=O)C2CCCN2C(=O)c2ccccc21. The number of para-hydroxylation sites is 1. The van der Waals surface area contributed by atoms with Crippen molar-refractivity contribution in [1.29, 1.82) is 0 Å². The van der Waals surface area contributed by atoms with Crippen LogP contribution < -0.4 is 4.90 Å². The van der Waals surface area contributed by atoms with Crippen molar-refractivity contribution in [3.05, 3.63) is 29.8 Å². The first-order valence-electron chi connectivity index (χ1n) is 6.92. The maximum Gasteiger partial charge on any atom is 0.256 e. The molecule has 104 valence electrons. The fourth-order valence-corrected chi connectivity index (χ4v) is 2.95. The van der Waals surface area contributed by atoms with Crippen LogP contribution in [-0.2, 0) is 9.59 Å². The Hall–Kier alpha value is -2.17. The van der Waals surface area contributed by atoms with Crippen LogP contribution in [0, 0.1) is 0 Å². The average molecular weight is 272 g/mol. The minimum Gasteiger partial charge on any atom is -0.327 e. The van der Waals surface area contributed by atoms with Gasteiger partial charge in [0.2, 0.25) is 5.91 Å². The third-order valence-electron chi connectivity index (χ3n) is 3.95. The van der Waals surface area contributed by atoms with Crippen LogP contribution in [-0.4, -0.2) is 35.2 Å². The summed E-state index contributed by atoms with van der Waals surface area (Å²) < 4.78 is 0. The molecule has 5 nitrogen and oxygen atoms in total. The van der Waals surface area contributed by atoms with Crippen LogP contribution in [0.3, 0.4) is 0 Å². The summed E-state index contributed by atoms with van der Waals surface area (Å²) in [7, 11) is 0. The lowest BCUT2D eigenvalue weighted by atomic mass is 10.1. The van der Waals surface area contributed by atoms with E-state index in [1.165, 1.54) is 4.90 Å². The van der Waals surface area contributed by atoms with Gasteiger partial charge in [-0.3, -0.25) is 14.4 Å². The molecule has 1 saturated heterocycles. The van der Waals surface area contributed by atoms with Gasteiger partial charge in [-0.05, 0) is 25.0 Å². The first-order valence-corrected chi connectivity index (χ1v) is 6.92. The van der Waals surface area contributed by atoms with Gasteiger partial charge in [-0.1, -0.05) is 19.1 Å². The van der Waals surface area contributed by atoms with Crippen molar-refractivity contribution in [1.82, 2.24) is 4.90 Å². The number of fused-ring (bicyclic) bond motifs is 2. The van der Waals surface area contributed by atoms with Crippen molar-refractivity contribution in [3.63, 3.8) is 0 Å². The molecule has 1 unspecified atom stereocenters. The molecule has 5 heteroatoms. The van der Waals surface area contributed by atoms with Crippen LogP contribution in [0.1, 0.15) is 36.5 Å². The molecule has 2 aliphatic heterocycles. The molecule has 1 atom stereocenters. The Morgan fingerprint density at radius 2 is 2.05 bits per heavy atom. The van der Waals surface area contributed by atoms with Crippen molar-refractivity contribution >= 4 is 23.4 Å². The van der Waals surface area contributed by atoms with E-state index in [1.54, 1.807) is 36.1 Å². The minimum absolute atomic E-state index is 0.150. The molecule has 1 aromatic rings. The van der Waals surface area contributed by atoms with Gasteiger partial charge in [-0.25, -0.2) is 4.90 Å². The topological polar surface area (TPSA) is 57.7 Å². The molecule has 0 aromatic heterocycles. The summed E-state index contributed by atoms with van der Waals surface area (Å²) >= 11 is 0. The second-order valence-corrected chi connectivity index (χ2v) is 5.09. The minimum atomic E-state index is -0.495. The highest BCUT2D eigenvalue weighted by Crippen LogP contribution is 2.32. The van der Waals surface area contributed by atoms with Gasteiger partial charge in [0.25, 0.3) is 11.8 Å². The lowest BCUT2D eigenvalue weighted by Gasteiger charge is -2.24. The molecule has 1 aromatic carbocycles. The van der Waals surface area contributed by atoms with Gasteiger partial charge in [-0.15, -0.1) is 0 Å². The Balaban J connectivity index is 2.19. The third kappa shape index (κ3) is 1.73. The van der Waals surface area contributed by atoms with E-state index in [9.17, 15) is 14.4 Å². The zero-order valence-electron chi connectivity index (χ0n) is 11.3. The fourth-order valence-electron chi connectivity index (χ4n) is 2.95. The van der Waals surface area contributed by atoms with Crippen molar-refractivity contribution in [3.8, 4) is 0 Å². The monoisotopic (exact) mass is 272 g/mol. The van der Waals surface area contributed by atoms with Gasteiger partial charge < -0.3 is 4.90 Å². The first-order chi connectivity index (χ1) is 9.65. The highest BCUT2D eigenvalue weighted by Gasteiger charge is 2.43. The summed E-state index contributed by atoms with van der Waals surface area (Å²) in [6, 6.07) is 6.35. The Bertz CT molecular complexity index is 597. The van der Waals surface area contributed by atoms with Crippen LogP contribution in [0.15, 0.2) is 24.3 Å². The molecule has 1 fully saturated rings. The lowest BCUT2D eigenvalue weighted by Crippen LogP contribution is -2.47. The summed E-state index contributed by atoms with van der Waals surface area (Å²) in [5.41, 5.74) is 0.857. The van der Waals surface area contributed by atoms with E-state index in [0.717, 1.165) is 6.42 Å². The van der Waals surface area contributed by atoms with Gasteiger partial charge in [0.05, 0.1) is 11.3 Å². The van der Waals surface area contributed by atoms with Gasteiger partial charge >= 0.3 is 0 Å². The number of hydrogen-bond donors (Lipinski definition) is 0. The highest BCUT2D eigenvalue weighted by molar-refractivity contribution is 6.22. The highest BCUT2D eigenvalue weighted by atomic mass is 16.2. The zero-order valence-corrected chi connectivity index (χ0v) is 11.3. The molecule has 0 radical (unpaired) electrons. The van der Waals surface area contributed by atoms with E-state index in [1.807, 2.05) is 0 Å². The molecular formula is C15H16N2O3. The van der Waals surface area contributed by atoms with Crippen LogP contribution in [0.2, 0.25) is 0 Å². The summed E-state index contributed by atoms with van der Waals surface area (Å²) in [5.74, 6) is -0.681. The number of anilines is 1. The number of hydrogen-bond acceptors (Lipinski definition) is 3. The molecule has 0 spiro atoms. The van der Waals surface area contributed by atoms with Crippen LogP contribution in [0.25, 0.3) is 0 Å². The molecule has 2 heterocycles. The molecule has 20 heavy (non-hydrogen) atoms. The van der Waals surface area contributed by atoms with Gasteiger partial charge in [0.1, 0.15) is 6.04 Å². The van der Waals surface area contributed by atoms with E-state index in [-0.39, 0.29) is 24.1 Å². The normalized spacial score (nSPS) is 21.6. The summed E-state index contributed by atoms with van der Waals surface area (Å²) in [4.78, 5) is 40.2. The molecule has 3 rings (SSSR count). The Labute approximate surface area is 117 Å². The maximum atomic E-state index is 12.6. The fraction of sp³-hybridized carbons (Fsp3) is 0.400. The van der Waals surface area contributed by atoms with Gasteiger partial charge in [-0.2, -0.15) is 0 Å². The van der Waals surface area contributed by atoms with E-state index in [4.69, 9.17) is 0 Å². The second-order valence-electron chi connectivity index (χ2n) is 5.09. The molecule has 3 amide bonds. The standard InChI is InChI=1S/C15H16N2O3/c1-2-13(18)17-11-7-4-3-6-10(11)14(19)16-9-5-8-12(16)15(17)20/h3-4,6-7,12H,2,5,8-9H2,1H3. The van der Waals surface area contributed by atoms with E-state index in [2.05, 4.69) is 0 Å². The quantitative estimate of drug-likeness (QED) is 0.779. The summed E-state index contributed by atoms with van der Waals surface area (Å²) in [6.45, 7) is 2.30. The second kappa shape index (κ2) is 4.74. The predicted octanol–water partition coefficient (Wildman–Crippen LogP) is 1.57. The van der Waals surface area contributed by atoms with E-state index >= 15 is 0 Å². The number of imide groups is 1. The first kappa shape index (κ1) is 12.8. The number of rotatable bonds is 1. The Kier molecular flexibility index (Phi) is 3.04. The third-order valence-corrected chi connectivity index (χ3v) is 3.95. The predicted molar refractivity (Wildman–Crippen MR) is 73.3 cm³/mol. The smallest absolute Gasteiger partial charge is 0.256 e. The van der Waals surface area contributed by atoms with Crippen molar-refractivity contribution in [2.45, 2.75) is 32.2 Å². The maximum absolute atomic E-state index is 12.6. The van der Waals surface area contributed by atoms with Crippen LogP contribution in [0.5, 0.6) is 0 Å². The number of benzene rings is 1. The Morgan fingerprint density at radius 1 is 1.30 bits per heavy atom. The van der Waals surface area contributed by atoms with Gasteiger partial charge in [0, 0.05) is 13.0 Å². The average Bonchev–Trinajstić information content (AvgIpc) is 2.93. The van der Waals surface area contributed by atoms with Crippen molar-refractivity contribution in [2.75, 3.05) is 11.4 Å². The molecular weight excluding hydrogens is 256 g/mol. The van der Waals surface area contributed by atoms with Gasteiger partial charge in [0.15, 0.2) is 0 Å². The van der Waals surface area contributed by atoms with Crippen LogP contribution in [0.4, 0.5) is 5.69 Å². The number of amides is 3. The van der Waals surface area contributed by atoms with Crippen molar-refractivity contribution < 1.29 is 14.4 Å². The number of carbonyl (C=O) groups is 3. The molecule has 2 aliphatic rings. The summed E-state index contributed by atoms with van der Waals surface area (Å²) in [5, 5.41) is 0. The molecule has 0 aliphatic carbocycles. The number of carbonyl (C=O) groups excluding carboxylic acids is 3. The zero-order chi connectivity index (χ0) is 14.3. The largest absolute Gasteiger partial charge is 0.327 e. The Morgan fingerprint density at radius 3 is 2.80 bits per heavy atom. The van der Waals surface area contributed by atoms with E-state index < -0.39 is 6.04 Å². The van der Waals surface area contributed by atoms with Crippen molar-refractivity contribution in [2.24, 2.45) is 0 Å². The number of nitrogens with zero attached hydrogens (tertiary/aromatic N) is 2. The summed E-state index contributed by atoms with van der Waals surface area (Å²) in [6.07, 6.45) is 1.67. The molecule has 0 bridgehead atoms. The molecule has 0 N–H and O–H groups in total. The van der Waals surface area contributed by atoms with Crippen LogP contribution >= 0.6 is 0 Å². The molecule has 0 saturated carbocycles. The lowest BCUT2D eigenvalue weighted by molar-refractivity contribution is -0.128.